The lowest BCUT2D eigenvalue weighted by atomic mass is 9.93. The number of halogens is 2. The van der Waals surface area contributed by atoms with E-state index < -0.39 is 0 Å². The number of hydrogen-bond acceptors (Lipinski definition) is 1. The van der Waals surface area contributed by atoms with Crippen molar-refractivity contribution in [3.05, 3.63) is 31.8 Å². The van der Waals surface area contributed by atoms with E-state index in [4.69, 9.17) is 5.73 Å². The van der Waals surface area contributed by atoms with Crippen molar-refractivity contribution in [2.24, 2.45) is 11.7 Å². The predicted octanol–water partition coefficient (Wildman–Crippen LogP) is 4.24. The SMILES string of the molecule is NC(c1cc(I)ccc1Br)C1CCCC1. The van der Waals surface area contributed by atoms with Gasteiger partial charge < -0.3 is 5.73 Å². The van der Waals surface area contributed by atoms with Crippen LogP contribution in [0, 0.1) is 9.49 Å². The standard InChI is InChI=1S/C12H15BrIN/c13-11-6-5-9(14)7-10(11)12(15)8-3-1-2-4-8/h5-8,12H,1-4,15H2. The third kappa shape index (κ3) is 2.74. The quantitative estimate of drug-likeness (QED) is 0.764. The maximum absolute atomic E-state index is 6.34. The van der Waals surface area contributed by atoms with E-state index in [1.165, 1.54) is 34.8 Å². The minimum atomic E-state index is 0.205. The molecule has 0 spiro atoms. The van der Waals surface area contributed by atoms with Gasteiger partial charge in [0.05, 0.1) is 0 Å². The van der Waals surface area contributed by atoms with E-state index >= 15 is 0 Å². The lowest BCUT2D eigenvalue weighted by Crippen LogP contribution is -2.19. The highest BCUT2D eigenvalue weighted by molar-refractivity contribution is 14.1. The normalized spacial score (nSPS) is 19.4. The molecular weight excluding hydrogens is 365 g/mol. The van der Waals surface area contributed by atoms with Crippen molar-refractivity contribution in [3.8, 4) is 0 Å². The van der Waals surface area contributed by atoms with E-state index in [-0.39, 0.29) is 6.04 Å². The lowest BCUT2D eigenvalue weighted by Gasteiger charge is -2.20. The summed E-state index contributed by atoms with van der Waals surface area (Å²) in [6.45, 7) is 0. The third-order valence-corrected chi connectivity index (χ3v) is 4.62. The second-order valence-electron chi connectivity index (χ2n) is 4.24. The molecule has 0 aliphatic heterocycles. The minimum absolute atomic E-state index is 0.205. The van der Waals surface area contributed by atoms with Crippen LogP contribution in [0.4, 0.5) is 0 Å². The molecule has 1 nitrogen and oxygen atoms in total. The molecule has 0 radical (unpaired) electrons. The molecule has 0 saturated heterocycles. The Morgan fingerprint density at radius 3 is 2.67 bits per heavy atom. The van der Waals surface area contributed by atoms with Crippen LogP contribution in [-0.4, -0.2) is 0 Å². The van der Waals surface area contributed by atoms with E-state index in [0.717, 1.165) is 4.47 Å². The van der Waals surface area contributed by atoms with Gasteiger partial charge in [-0.2, -0.15) is 0 Å². The van der Waals surface area contributed by atoms with Crippen molar-refractivity contribution in [1.29, 1.82) is 0 Å². The molecule has 1 aliphatic rings. The van der Waals surface area contributed by atoms with Gasteiger partial charge in [0.15, 0.2) is 0 Å². The first kappa shape index (κ1) is 11.9. The summed E-state index contributed by atoms with van der Waals surface area (Å²) in [6, 6.07) is 6.62. The molecule has 2 N–H and O–H groups in total. The van der Waals surface area contributed by atoms with E-state index in [1.807, 2.05) is 0 Å². The maximum atomic E-state index is 6.34. The first-order valence-electron chi connectivity index (χ1n) is 5.39. The van der Waals surface area contributed by atoms with Gasteiger partial charge in [0.2, 0.25) is 0 Å². The highest BCUT2D eigenvalue weighted by Gasteiger charge is 2.24. The fourth-order valence-corrected chi connectivity index (χ4v) is 3.37. The molecule has 0 amide bonds. The summed E-state index contributed by atoms with van der Waals surface area (Å²) in [6.07, 6.45) is 5.28. The van der Waals surface area contributed by atoms with Gasteiger partial charge in [0.25, 0.3) is 0 Å². The van der Waals surface area contributed by atoms with Gasteiger partial charge in [-0.3, -0.25) is 0 Å². The molecule has 1 aromatic carbocycles. The first-order chi connectivity index (χ1) is 7.18. The zero-order valence-corrected chi connectivity index (χ0v) is 12.3. The van der Waals surface area contributed by atoms with Crippen LogP contribution in [0.5, 0.6) is 0 Å². The van der Waals surface area contributed by atoms with E-state index in [2.05, 4.69) is 56.7 Å². The summed E-state index contributed by atoms with van der Waals surface area (Å²) in [4.78, 5) is 0. The average molecular weight is 380 g/mol. The Labute approximate surface area is 113 Å². The molecule has 0 aromatic heterocycles. The predicted molar refractivity (Wildman–Crippen MR) is 75.7 cm³/mol. The lowest BCUT2D eigenvalue weighted by molar-refractivity contribution is 0.443. The van der Waals surface area contributed by atoms with Crippen LogP contribution in [0.1, 0.15) is 37.3 Å². The molecule has 82 valence electrons. The fourth-order valence-electron chi connectivity index (χ4n) is 2.34. The number of benzene rings is 1. The minimum Gasteiger partial charge on any atom is -0.324 e. The summed E-state index contributed by atoms with van der Waals surface area (Å²) in [5.74, 6) is 0.680. The van der Waals surface area contributed by atoms with Gasteiger partial charge in [-0.05, 0) is 65.1 Å². The van der Waals surface area contributed by atoms with Gasteiger partial charge in [-0.1, -0.05) is 28.8 Å². The van der Waals surface area contributed by atoms with Gasteiger partial charge >= 0.3 is 0 Å². The molecule has 1 aliphatic carbocycles. The van der Waals surface area contributed by atoms with Crippen LogP contribution >= 0.6 is 38.5 Å². The van der Waals surface area contributed by atoms with Crippen molar-refractivity contribution in [2.75, 3.05) is 0 Å². The van der Waals surface area contributed by atoms with Crippen LogP contribution in [0.25, 0.3) is 0 Å². The number of rotatable bonds is 2. The molecule has 1 fully saturated rings. The molecule has 15 heavy (non-hydrogen) atoms. The average Bonchev–Trinajstić information content (AvgIpc) is 2.74. The van der Waals surface area contributed by atoms with Crippen molar-refractivity contribution >= 4 is 38.5 Å². The second kappa shape index (κ2) is 5.15. The molecule has 1 saturated carbocycles. The Hall–Kier alpha value is 0.390. The van der Waals surface area contributed by atoms with Crippen molar-refractivity contribution in [1.82, 2.24) is 0 Å². The molecule has 1 aromatic rings. The molecule has 3 heteroatoms. The van der Waals surface area contributed by atoms with Gasteiger partial charge in [-0.15, -0.1) is 0 Å². The number of nitrogens with two attached hydrogens (primary N) is 1. The number of hydrogen-bond donors (Lipinski definition) is 1. The Bertz CT molecular complexity index is 347. The van der Waals surface area contributed by atoms with E-state index in [0.29, 0.717) is 5.92 Å². The van der Waals surface area contributed by atoms with Crippen LogP contribution in [-0.2, 0) is 0 Å². The smallest absolute Gasteiger partial charge is 0.0335 e. The Balaban J connectivity index is 2.23. The van der Waals surface area contributed by atoms with Crippen molar-refractivity contribution in [2.45, 2.75) is 31.7 Å². The Morgan fingerprint density at radius 2 is 2.00 bits per heavy atom. The zero-order valence-electron chi connectivity index (χ0n) is 8.55. The van der Waals surface area contributed by atoms with Crippen molar-refractivity contribution < 1.29 is 0 Å². The van der Waals surface area contributed by atoms with Gasteiger partial charge in [0, 0.05) is 14.1 Å². The largest absolute Gasteiger partial charge is 0.324 e. The molecule has 2 rings (SSSR count). The first-order valence-corrected chi connectivity index (χ1v) is 7.26. The summed E-state index contributed by atoms with van der Waals surface area (Å²) >= 11 is 5.94. The van der Waals surface area contributed by atoms with E-state index in [1.54, 1.807) is 0 Å². The Kier molecular flexibility index (Phi) is 4.07. The molecular formula is C12H15BrIN. The molecule has 0 heterocycles. The van der Waals surface area contributed by atoms with Crippen LogP contribution in [0.3, 0.4) is 0 Å². The maximum Gasteiger partial charge on any atom is 0.0335 e. The fraction of sp³-hybridized carbons (Fsp3) is 0.500. The molecule has 1 atom stereocenters. The summed E-state index contributed by atoms with van der Waals surface area (Å²) in [5.41, 5.74) is 7.61. The van der Waals surface area contributed by atoms with Crippen molar-refractivity contribution in [3.63, 3.8) is 0 Å². The second-order valence-corrected chi connectivity index (χ2v) is 6.34. The zero-order chi connectivity index (χ0) is 10.8. The van der Waals surface area contributed by atoms with E-state index in [9.17, 15) is 0 Å². The summed E-state index contributed by atoms with van der Waals surface area (Å²) in [7, 11) is 0. The third-order valence-electron chi connectivity index (χ3n) is 3.22. The summed E-state index contributed by atoms with van der Waals surface area (Å²) < 4.78 is 2.42. The summed E-state index contributed by atoms with van der Waals surface area (Å²) in [5, 5.41) is 0. The van der Waals surface area contributed by atoms with Crippen LogP contribution < -0.4 is 5.73 Å². The highest BCUT2D eigenvalue weighted by Crippen LogP contribution is 2.37. The molecule has 1 unspecified atom stereocenters. The molecule has 0 bridgehead atoms. The topological polar surface area (TPSA) is 26.0 Å². The monoisotopic (exact) mass is 379 g/mol. The Morgan fingerprint density at radius 1 is 1.33 bits per heavy atom. The van der Waals surface area contributed by atoms with Crippen LogP contribution in [0.15, 0.2) is 22.7 Å². The van der Waals surface area contributed by atoms with Gasteiger partial charge in [0.1, 0.15) is 0 Å². The highest BCUT2D eigenvalue weighted by atomic mass is 127. The van der Waals surface area contributed by atoms with Gasteiger partial charge in [-0.25, -0.2) is 0 Å². The van der Waals surface area contributed by atoms with Crippen LogP contribution in [0.2, 0.25) is 0 Å².